The molecule has 508 valence electrons. The van der Waals surface area contributed by atoms with Crippen LogP contribution < -0.4 is 21.7 Å². The number of carbonyl (C=O) groups excluding carboxylic acids is 7. The fraction of sp³-hybridized carbons (Fsp3) is 0.672. The molecule has 9 aliphatic rings. The summed E-state index contributed by atoms with van der Waals surface area (Å²) in [5, 5.41) is 46.7. The van der Waals surface area contributed by atoms with Gasteiger partial charge in [-0.25, -0.2) is 18.4 Å². The molecular formula is C64H94ClF2N7O15S2. The molecule has 5 amide bonds. The van der Waals surface area contributed by atoms with Crippen LogP contribution in [0.5, 0.6) is 0 Å². The number of benzene rings is 2. The van der Waals surface area contributed by atoms with Gasteiger partial charge < -0.3 is 65.8 Å². The number of nitrogens with one attached hydrogen (secondary N) is 3. The number of nitrogens with two attached hydrogens (primary N) is 1. The molecule has 27 heteroatoms. The molecule has 3 unspecified atom stereocenters. The van der Waals surface area contributed by atoms with Crippen molar-refractivity contribution in [2.45, 2.75) is 180 Å². The van der Waals surface area contributed by atoms with Crippen molar-refractivity contribution in [2.24, 2.45) is 41.2 Å². The van der Waals surface area contributed by atoms with Gasteiger partial charge in [0.25, 0.3) is 0 Å². The predicted molar refractivity (Wildman–Crippen MR) is 341 cm³/mol. The first-order valence-electron chi connectivity index (χ1n) is 29.9. The molecule has 91 heavy (non-hydrogen) atoms. The number of thioether (sulfide) groups is 2. The maximum absolute atomic E-state index is 13.1. The van der Waals surface area contributed by atoms with Crippen molar-refractivity contribution in [3.05, 3.63) is 71.3 Å². The summed E-state index contributed by atoms with van der Waals surface area (Å²) in [5.74, 6) is 2.67. The van der Waals surface area contributed by atoms with E-state index in [4.69, 9.17) is 35.0 Å². The minimum atomic E-state index is -1.10. The van der Waals surface area contributed by atoms with Gasteiger partial charge in [-0.1, -0.05) is 39.1 Å². The fourth-order valence-corrected chi connectivity index (χ4v) is 15.7. The third kappa shape index (κ3) is 22.2. The highest BCUT2D eigenvalue weighted by Gasteiger charge is 2.53. The maximum atomic E-state index is 13.1. The number of carboxylic acids is 1. The molecule has 2 aromatic carbocycles. The van der Waals surface area contributed by atoms with Gasteiger partial charge in [0.05, 0.1) is 48.8 Å². The lowest BCUT2D eigenvalue weighted by atomic mass is 9.89. The van der Waals surface area contributed by atoms with Crippen molar-refractivity contribution in [2.75, 3.05) is 56.1 Å². The van der Waals surface area contributed by atoms with Gasteiger partial charge in [-0.15, -0.1) is 35.9 Å². The van der Waals surface area contributed by atoms with E-state index >= 15 is 0 Å². The van der Waals surface area contributed by atoms with E-state index in [0.29, 0.717) is 109 Å². The average molecular weight is 1340 g/mol. The van der Waals surface area contributed by atoms with E-state index < -0.39 is 59.1 Å². The zero-order valence-corrected chi connectivity index (χ0v) is 53.8. The Morgan fingerprint density at radius 1 is 0.648 bits per heavy atom. The average Bonchev–Trinajstić information content (AvgIpc) is 1.71. The summed E-state index contributed by atoms with van der Waals surface area (Å²) in [5.41, 5.74) is 3.85. The monoisotopic (exact) mass is 1340 g/mol. The lowest BCUT2D eigenvalue weighted by Crippen LogP contribution is -2.48. The third-order valence-corrected chi connectivity index (χ3v) is 19.3. The number of aliphatic carboxylic acids is 1. The van der Waals surface area contributed by atoms with E-state index in [0.717, 1.165) is 62.9 Å². The van der Waals surface area contributed by atoms with Gasteiger partial charge in [-0.2, -0.15) is 5.26 Å². The molecule has 11 rings (SSSR count). The van der Waals surface area contributed by atoms with Crippen LogP contribution in [-0.4, -0.2) is 164 Å². The van der Waals surface area contributed by atoms with E-state index in [1.54, 1.807) is 82.5 Å². The second-order valence-electron chi connectivity index (χ2n) is 26.3. The molecule has 0 radical (unpaired) electrons. The molecule has 3 saturated heterocycles. The Hall–Kier alpha value is -5.66. The quantitative estimate of drug-likeness (QED) is 0.119. The van der Waals surface area contributed by atoms with Gasteiger partial charge >= 0.3 is 18.2 Å². The number of halogens is 3. The second kappa shape index (κ2) is 33.4. The van der Waals surface area contributed by atoms with Crippen LogP contribution in [0.15, 0.2) is 48.5 Å². The molecule has 2 aromatic rings. The standard InChI is InChI=1S/C20H24FN3O2S.C14H15FO2.C11H19N3O4S.C10H14O3.C7H13NO4.2CH4.ClH/c21-16-3-1-15(2-4-16)20(26)7-13-5-17(6-14(13)8-20)23-10-19(25)24-12-27-11-18(24)9-22;15-12-3-1-11(2-4-12)14(17)7-9-5-13(16)6-10(9)8-14;1-11(2,3)18-10(17)13-4-8(15)14-6-19-5-7(14)9(12)16;11-9-3-7-5-10(6-8(7)4-9)12-1-2-13-10;1-7(2,3)12-6(11)8-4-5(9)10;;;/h1-4,13-14,17-18,23,26H,5-8,10-12H2;1-4,9-10,17H,5-8H2;7H,4-6H2,1-3H3,(H2,12,16)(H,13,17);7-8H,1-6H2;4H2,1-3H3,(H,8,11)(H,9,10);2*1H4;1H/t13-,14+,17?,18-,20?;9-,10+,14?;7-;7-,8+;;;;/m1.0...../s1. The van der Waals surface area contributed by atoms with E-state index in [9.17, 15) is 57.4 Å². The first-order chi connectivity index (χ1) is 41.3. The number of aliphatic hydroxyl groups is 2. The molecule has 9 fully saturated rings. The molecule has 3 aliphatic heterocycles. The number of hydrogen-bond acceptors (Lipinski definition) is 18. The molecule has 6 aliphatic carbocycles. The molecule has 0 bridgehead atoms. The summed E-state index contributed by atoms with van der Waals surface area (Å²) in [6.45, 7) is 11.4. The smallest absolute Gasteiger partial charge is 0.408 e. The van der Waals surface area contributed by atoms with Gasteiger partial charge in [-0.3, -0.25) is 28.8 Å². The van der Waals surface area contributed by atoms with Crippen LogP contribution in [0.2, 0.25) is 0 Å². The first kappa shape index (κ1) is 77.8. The van der Waals surface area contributed by atoms with Gasteiger partial charge in [0.1, 0.15) is 59.6 Å². The Morgan fingerprint density at radius 2 is 1.04 bits per heavy atom. The van der Waals surface area contributed by atoms with Crippen LogP contribution in [0.3, 0.4) is 0 Å². The van der Waals surface area contributed by atoms with Gasteiger partial charge in [-0.05, 0) is 151 Å². The van der Waals surface area contributed by atoms with Crippen molar-refractivity contribution in [1.82, 2.24) is 25.8 Å². The van der Waals surface area contributed by atoms with Gasteiger partial charge in [0.15, 0.2) is 5.79 Å². The Balaban J connectivity index is 0.000000248. The van der Waals surface area contributed by atoms with Crippen LogP contribution in [0, 0.1) is 58.5 Å². The summed E-state index contributed by atoms with van der Waals surface area (Å²) in [4.78, 5) is 93.0. The zero-order chi connectivity index (χ0) is 64.4. The maximum Gasteiger partial charge on any atom is 0.408 e. The van der Waals surface area contributed by atoms with Crippen LogP contribution >= 0.6 is 35.9 Å². The summed E-state index contributed by atoms with van der Waals surface area (Å²) < 4.78 is 47.1. The number of rotatable bonds is 10. The van der Waals surface area contributed by atoms with Crippen molar-refractivity contribution in [3.8, 4) is 6.07 Å². The first-order valence-corrected chi connectivity index (χ1v) is 32.3. The molecule has 6 saturated carbocycles. The number of carbonyl (C=O) groups is 8. The Morgan fingerprint density at radius 3 is 1.46 bits per heavy atom. The number of hydrogen-bond donors (Lipinski definition) is 7. The van der Waals surface area contributed by atoms with Crippen LogP contribution in [0.4, 0.5) is 18.4 Å². The number of primary amides is 1. The number of Topliss-reactive ketones (excluding diaryl/α,β-unsaturated/α-hetero) is 2. The summed E-state index contributed by atoms with van der Waals surface area (Å²) >= 11 is 3.07. The van der Waals surface area contributed by atoms with Crippen LogP contribution in [0.1, 0.15) is 145 Å². The minimum absolute atomic E-state index is 0. The minimum Gasteiger partial charge on any atom is -0.480 e. The SMILES string of the molecule is C.C.CC(C)(C)OC(=O)NCC(=O)N1CSC[C@H]1C(N)=O.CC(C)(C)OC(=O)NCC(=O)O.Cl.N#C[C@@H]1CSCN1C(=O)CNC1C[C@@H]2CC(O)(c3ccc(F)cc3)C[C@@H]2C1.O=C1C[C@@H]2CC(O)(c3ccc(F)cc3)C[C@@H]2C1.O=C1C[C@@H]2CC3(C[C@@H]2C1)OCCO3. The zero-order valence-electron chi connectivity index (χ0n) is 51.3. The number of alkyl carbamates (subject to hydrolysis) is 2. The van der Waals surface area contributed by atoms with Gasteiger partial charge in [0.2, 0.25) is 17.7 Å². The largest absolute Gasteiger partial charge is 0.480 e. The predicted octanol–water partition coefficient (Wildman–Crippen LogP) is 7.93. The number of ether oxygens (including phenoxy) is 4. The lowest BCUT2D eigenvalue weighted by molar-refractivity contribution is -0.156. The molecule has 1 spiro atoms. The summed E-state index contributed by atoms with van der Waals surface area (Å²) in [6, 6.07) is 13.8. The number of nitrogens with zero attached hydrogens (tertiary/aromatic N) is 3. The van der Waals surface area contributed by atoms with E-state index in [1.165, 1.54) is 40.9 Å². The Kier molecular flexibility index (Phi) is 28.6. The van der Waals surface area contributed by atoms with E-state index in [-0.39, 0.29) is 81.7 Å². The topological polar surface area (TPSA) is 327 Å². The Bertz CT molecular complexity index is 2820. The Labute approximate surface area is 547 Å². The summed E-state index contributed by atoms with van der Waals surface area (Å²) in [7, 11) is 0. The molecule has 22 nitrogen and oxygen atoms in total. The molecule has 11 atom stereocenters. The number of ketones is 2. The van der Waals surface area contributed by atoms with E-state index in [2.05, 4.69) is 22.0 Å². The number of nitriles is 1. The molecular weight excluding hydrogens is 1240 g/mol. The van der Waals surface area contributed by atoms with E-state index in [1.807, 2.05) is 0 Å². The van der Waals surface area contributed by atoms with Crippen molar-refractivity contribution < 1.29 is 81.4 Å². The van der Waals surface area contributed by atoms with Crippen LogP contribution in [-0.2, 0) is 58.9 Å². The van der Waals surface area contributed by atoms with Crippen molar-refractivity contribution in [1.29, 1.82) is 5.26 Å². The summed E-state index contributed by atoms with van der Waals surface area (Å²) in [6.07, 6.45) is 7.78. The number of carboxylic acid groups (broad SMARTS) is 1. The number of fused-ring (bicyclic) bond motifs is 3. The number of amides is 5. The highest BCUT2D eigenvalue weighted by molar-refractivity contribution is 7.99. The van der Waals surface area contributed by atoms with Crippen molar-refractivity contribution >= 4 is 83.4 Å². The fourth-order valence-electron chi connectivity index (χ4n) is 13.4. The molecule has 3 heterocycles. The highest BCUT2D eigenvalue weighted by Crippen LogP contribution is 2.54. The molecule has 8 N–H and O–H groups in total. The van der Waals surface area contributed by atoms with Crippen LogP contribution in [0.25, 0.3) is 0 Å². The third-order valence-electron chi connectivity index (χ3n) is 17.2. The second-order valence-corrected chi connectivity index (χ2v) is 28.3. The van der Waals surface area contributed by atoms with Gasteiger partial charge in [0, 0.05) is 56.1 Å². The normalized spacial score (nSPS) is 28.6. The lowest BCUT2D eigenvalue weighted by Gasteiger charge is -2.26. The van der Waals surface area contributed by atoms with Crippen molar-refractivity contribution in [3.63, 3.8) is 0 Å². The molecule has 0 aromatic heterocycles. The highest BCUT2D eigenvalue weighted by atomic mass is 35.5.